The standard InChI is InChI=1S/C12H22N4O2S/c1-10(12-4-7-13-15(12)2)14-11-5-8-16(9-6-11)19(3,17)18/h4,7,10-11,14H,5-6,8-9H2,1-3H3. The largest absolute Gasteiger partial charge is 0.306 e. The summed E-state index contributed by atoms with van der Waals surface area (Å²) in [5.41, 5.74) is 1.14. The summed E-state index contributed by atoms with van der Waals surface area (Å²) in [4.78, 5) is 0. The Balaban J connectivity index is 1.88. The maximum Gasteiger partial charge on any atom is 0.211 e. The second-order valence-corrected chi connectivity index (χ2v) is 7.19. The molecule has 1 aliphatic heterocycles. The molecule has 1 fully saturated rings. The van der Waals surface area contributed by atoms with Crippen molar-refractivity contribution in [3.63, 3.8) is 0 Å². The van der Waals surface area contributed by atoms with E-state index in [9.17, 15) is 8.42 Å². The molecular formula is C12H22N4O2S. The van der Waals surface area contributed by atoms with E-state index in [1.54, 1.807) is 10.5 Å². The number of aryl methyl sites for hydroxylation is 1. The highest BCUT2D eigenvalue weighted by Gasteiger charge is 2.26. The summed E-state index contributed by atoms with van der Waals surface area (Å²) in [7, 11) is -1.11. The zero-order valence-electron chi connectivity index (χ0n) is 11.7. The molecule has 6 nitrogen and oxygen atoms in total. The molecule has 0 aliphatic carbocycles. The zero-order chi connectivity index (χ0) is 14.0. The highest BCUT2D eigenvalue weighted by atomic mass is 32.2. The number of rotatable bonds is 4. The molecule has 1 atom stereocenters. The van der Waals surface area contributed by atoms with Gasteiger partial charge in [0, 0.05) is 38.4 Å². The van der Waals surface area contributed by atoms with Crippen LogP contribution in [0, 0.1) is 0 Å². The quantitative estimate of drug-likeness (QED) is 0.875. The molecule has 0 spiro atoms. The van der Waals surface area contributed by atoms with Crippen LogP contribution in [-0.4, -0.2) is 47.9 Å². The lowest BCUT2D eigenvalue weighted by Crippen LogP contribution is -2.45. The van der Waals surface area contributed by atoms with Crippen molar-refractivity contribution in [1.82, 2.24) is 19.4 Å². The average Bonchev–Trinajstić information content (AvgIpc) is 2.75. The first-order valence-corrected chi connectivity index (χ1v) is 8.42. The van der Waals surface area contributed by atoms with E-state index in [-0.39, 0.29) is 6.04 Å². The van der Waals surface area contributed by atoms with Gasteiger partial charge in [0.05, 0.1) is 11.9 Å². The van der Waals surface area contributed by atoms with Gasteiger partial charge in [0.15, 0.2) is 0 Å². The molecule has 1 N–H and O–H groups in total. The van der Waals surface area contributed by atoms with Crippen molar-refractivity contribution in [3.8, 4) is 0 Å². The van der Waals surface area contributed by atoms with E-state index >= 15 is 0 Å². The van der Waals surface area contributed by atoms with E-state index in [2.05, 4.69) is 17.3 Å². The lowest BCUT2D eigenvalue weighted by molar-refractivity contribution is 0.276. The van der Waals surface area contributed by atoms with Crippen molar-refractivity contribution in [2.75, 3.05) is 19.3 Å². The van der Waals surface area contributed by atoms with Gasteiger partial charge in [0.1, 0.15) is 0 Å². The topological polar surface area (TPSA) is 67.2 Å². The van der Waals surface area contributed by atoms with Crippen LogP contribution < -0.4 is 5.32 Å². The Morgan fingerprint density at radius 3 is 2.53 bits per heavy atom. The molecule has 0 amide bonds. The number of piperidine rings is 1. The summed E-state index contributed by atoms with van der Waals surface area (Å²) in [6, 6.07) is 2.59. The van der Waals surface area contributed by atoms with E-state index in [0.29, 0.717) is 19.1 Å². The Morgan fingerprint density at radius 2 is 2.05 bits per heavy atom. The second kappa shape index (κ2) is 5.60. The maximum atomic E-state index is 11.4. The number of aromatic nitrogens is 2. The highest BCUT2D eigenvalue weighted by Crippen LogP contribution is 2.18. The van der Waals surface area contributed by atoms with Crippen molar-refractivity contribution in [2.45, 2.75) is 31.8 Å². The monoisotopic (exact) mass is 286 g/mol. The number of hydrogen-bond donors (Lipinski definition) is 1. The lowest BCUT2D eigenvalue weighted by Gasteiger charge is -2.32. The molecule has 1 aromatic rings. The van der Waals surface area contributed by atoms with Gasteiger partial charge in [-0.2, -0.15) is 5.10 Å². The third-order valence-corrected chi connectivity index (χ3v) is 5.01. The molecule has 1 unspecified atom stereocenters. The van der Waals surface area contributed by atoms with Gasteiger partial charge in [-0.1, -0.05) is 0 Å². The van der Waals surface area contributed by atoms with Crippen molar-refractivity contribution in [3.05, 3.63) is 18.0 Å². The molecule has 0 radical (unpaired) electrons. The molecule has 0 saturated carbocycles. The van der Waals surface area contributed by atoms with Crippen LogP contribution in [0.4, 0.5) is 0 Å². The normalized spacial score (nSPS) is 20.6. The predicted molar refractivity (Wildman–Crippen MR) is 74.2 cm³/mol. The molecular weight excluding hydrogens is 264 g/mol. The predicted octanol–water partition coefficient (Wildman–Crippen LogP) is 0.495. The average molecular weight is 286 g/mol. The maximum absolute atomic E-state index is 11.4. The van der Waals surface area contributed by atoms with Gasteiger partial charge in [-0.3, -0.25) is 4.68 Å². The summed E-state index contributed by atoms with van der Waals surface area (Å²) in [5.74, 6) is 0. The SMILES string of the molecule is CC(NC1CCN(S(C)(=O)=O)CC1)c1ccnn1C. The van der Waals surface area contributed by atoms with Gasteiger partial charge in [-0.15, -0.1) is 0 Å². The fourth-order valence-corrected chi connectivity index (χ4v) is 3.48. The lowest BCUT2D eigenvalue weighted by atomic mass is 10.1. The second-order valence-electron chi connectivity index (χ2n) is 5.20. The van der Waals surface area contributed by atoms with Crippen LogP contribution in [0.25, 0.3) is 0 Å². The Morgan fingerprint density at radius 1 is 1.42 bits per heavy atom. The molecule has 0 aromatic carbocycles. The van der Waals surface area contributed by atoms with Gasteiger partial charge in [0.25, 0.3) is 0 Å². The third-order valence-electron chi connectivity index (χ3n) is 3.71. The van der Waals surface area contributed by atoms with Crippen molar-refractivity contribution in [1.29, 1.82) is 0 Å². The third kappa shape index (κ3) is 3.55. The number of nitrogens with one attached hydrogen (secondary N) is 1. The molecule has 7 heteroatoms. The first kappa shape index (κ1) is 14.5. The highest BCUT2D eigenvalue weighted by molar-refractivity contribution is 7.88. The fraction of sp³-hybridized carbons (Fsp3) is 0.750. The molecule has 1 aliphatic rings. The van der Waals surface area contributed by atoms with Crippen LogP contribution in [0.3, 0.4) is 0 Å². The first-order valence-electron chi connectivity index (χ1n) is 6.57. The molecule has 19 heavy (non-hydrogen) atoms. The Labute approximate surface area is 114 Å². The van der Waals surface area contributed by atoms with E-state index in [0.717, 1.165) is 18.5 Å². The van der Waals surface area contributed by atoms with Crippen molar-refractivity contribution in [2.24, 2.45) is 7.05 Å². The van der Waals surface area contributed by atoms with Crippen LogP contribution in [0.15, 0.2) is 12.3 Å². The zero-order valence-corrected chi connectivity index (χ0v) is 12.5. The van der Waals surface area contributed by atoms with Crippen LogP contribution in [-0.2, 0) is 17.1 Å². The minimum atomic E-state index is -3.04. The van der Waals surface area contributed by atoms with Crippen LogP contribution in [0.2, 0.25) is 0 Å². The number of nitrogens with zero attached hydrogens (tertiary/aromatic N) is 3. The number of sulfonamides is 1. The van der Waals surface area contributed by atoms with Gasteiger partial charge in [-0.25, -0.2) is 12.7 Å². The molecule has 2 heterocycles. The summed E-state index contributed by atoms with van der Waals surface area (Å²) in [5, 5.41) is 7.72. The van der Waals surface area contributed by atoms with Gasteiger partial charge < -0.3 is 5.32 Å². The fourth-order valence-electron chi connectivity index (χ4n) is 2.60. The van der Waals surface area contributed by atoms with Gasteiger partial charge in [0.2, 0.25) is 10.0 Å². The smallest absolute Gasteiger partial charge is 0.211 e. The minimum Gasteiger partial charge on any atom is -0.306 e. The van der Waals surface area contributed by atoms with Crippen LogP contribution in [0.1, 0.15) is 31.5 Å². The Hall–Kier alpha value is -0.920. The van der Waals surface area contributed by atoms with Crippen LogP contribution >= 0.6 is 0 Å². The van der Waals surface area contributed by atoms with E-state index < -0.39 is 10.0 Å². The summed E-state index contributed by atoms with van der Waals surface area (Å²) in [6.07, 6.45) is 4.78. The van der Waals surface area contributed by atoms with Gasteiger partial charge in [-0.05, 0) is 25.8 Å². The first-order chi connectivity index (χ1) is 8.88. The number of hydrogen-bond acceptors (Lipinski definition) is 4. The van der Waals surface area contributed by atoms with Crippen molar-refractivity contribution < 1.29 is 8.42 Å². The van der Waals surface area contributed by atoms with Crippen molar-refractivity contribution >= 4 is 10.0 Å². The molecule has 0 bridgehead atoms. The van der Waals surface area contributed by atoms with E-state index in [1.807, 2.05) is 17.8 Å². The summed E-state index contributed by atoms with van der Waals surface area (Å²) < 4.78 is 26.3. The molecule has 1 saturated heterocycles. The molecule has 2 rings (SSSR count). The Bertz CT molecular complexity index is 518. The molecule has 108 valence electrons. The van der Waals surface area contributed by atoms with Crippen LogP contribution in [0.5, 0.6) is 0 Å². The summed E-state index contributed by atoms with van der Waals surface area (Å²) in [6.45, 7) is 3.32. The van der Waals surface area contributed by atoms with E-state index in [4.69, 9.17) is 0 Å². The van der Waals surface area contributed by atoms with Gasteiger partial charge >= 0.3 is 0 Å². The summed E-state index contributed by atoms with van der Waals surface area (Å²) >= 11 is 0. The minimum absolute atomic E-state index is 0.224. The van der Waals surface area contributed by atoms with E-state index in [1.165, 1.54) is 6.26 Å². The molecule has 1 aromatic heterocycles. The Kier molecular flexibility index (Phi) is 4.27.